The van der Waals surface area contributed by atoms with Crippen molar-refractivity contribution < 1.29 is 9.47 Å². The summed E-state index contributed by atoms with van der Waals surface area (Å²) in [6, 6.07) is 0.616. The number of hydrogen-bond acceptors (Lipinski definition) is 3. The molecule has 4 atom stereocenters. The third-order valence-corrected chi connectivity index (χ3v) is 5.47. The van der Waals surface area contributed by atoms with E-state index < -0.39 is 0 Å². The summed E-state index contributed by atoms with van der Waals surface area (Å²) < 4.78 is 11.7. The standard InChI is InChI=1S/C16H29NO2/c1-12(2)17-10-14-3-4-15(14)13-5-7-19-16(9-13)6-8-18-11-16/h12-15,17H,3-11H2,1-2H3. The Balaban J connectivity index is 1.53. The van der Waals surface area contributed by atoms with Crippen molar-refractivity contribution in [3.8, 4) is 0 Å². The second kappa shape index (κ2) is 5.71. The van der Waals surface area contributed by atoms with Crippen LogP contribution in [0.1, 0.15) is 46.0 Å². The SMILES string of the molecule is CC(C)NCC1CCC1C1CCOC2(CCOC2)C1. The van der Waals surface area contributed by atoms with E-state index in [1.807, 2.05) is 0 Å². The van der Waals surface area contributed by atoms with Crippen LogP contribution < -0.4 is 5.32 Å². The Labute approximate surface area is 117 Å². The van der Waals surface area contributed by atoms with Crippen LogP contribution in [0, 0.1) is 17.8 Å². The molecule has 2 heterocycles. The summed E-state index contributed by atoms with van der Waals surface area (Å²) >= 11 is 0. The van der Waals surface area contributed by atoms with Gasteiger partial charge in [-0.25, -0.2) is 0 Å². The Hall–Kier alpha value is -0.120. The van der Waals surface area contributed by atoms with Crippen LogP contribution in [0.25, 0.3) is 0 Å². The van der Waals surface area contributed by atoms with E-state index in [0.717, 1.165) is 44.0 Å². The van der Waals surface area contributed by atoms with Gasteiger partial charge < -0.3 is 14.8 Å². The molecule has 0 radical (unpaired) electrons. The highest BCUT2D eigenvalue weighted by molar-refractivity contribution is 4.96. The lowest BCUT2D eigenvalue weighted by molar-refractivity contribution is -0.118. The molecule has 0 aromatic carbocycles. The Morgan fingerprint density at radius 2 is 2.11 bits per heavy atom. The first-order valence-corrected chi connectivity index (χ1v) is 8.14. The van der Waals surface area contributed by atoms with Crippen LogP contribution in [-0.2, 0) is 9.47 Å². The lowest BCUT2D eigenvalue weighted by atomic mass is 9.63. The summed E-state index contributed by atoms with van der Waals surface area (Å²) in [4.78, 5) is 0. The number of ether oxygens (including phenoxy) is 2. The summed E-state index contributed by atoms with van der Waals surface area (Å²) in [5.74, 6) is 2.72. The lowest BCUT2D eigenvalue weighted by Crippen LogP contribution is -2.47. The zero-order chi connectivity index (χ0) is 13.3. The maximum absolute atomic E-state index is 6.07. The van der Waals surface area contributed by atoms with Crippen molar-refractivity contribution in [3.63, 3.8) is 0 Å². The van der Waals surface area contributed by atoms with Crippen molar-refractivity contribution in [1.82, 2.24) is 5.32 Å². The molecule has 2 aliphatic heterocycles. The van der Waals surface area contributed by atoms with Gasteiger partial charge in [0.2, 0.25) is 0 Å². The van der Waals surface area contributed by atoms with Gasteiger partial charge in [-0.3, -0.25) is 0 Å². The Bertz CT molecular complexity index is 299. The van der Waals surface area contributed by atoms with Crippen molar-refractivity contribution in [2.24, 2.45) is 17.8 Å². The van der Waals surface area contributed by atoms with Crippen LogP contribution in [-0.4, -0.2) is 38.0 Å². The first kappa shape index (κ1) is 13.8. The van der Waals surface area contributed by atoms with Gasteiger partial charge in [-0.05, 0) is 50.0 Å². The highest BCUT2D eigenvalue weighted by atomic mass is 16.6. The first-order chi connectivity index (χ1) is 9.19. The number of hydrogen-bond donors (Lipinski definition) is 1. The fourth-order valence-electron chi connectivity index (χ4n) is 4.15. The molecule has 1 N–H and O–H groups in total. The quantitative estimate of drug-likeness (QED) is 0.849. The highest BCUT2D eigenvalue weighted by Crippen LogP contribution is 2.47. The van der Waals surface area contributed by atoms with Crippen molar-refractivity contribution >= 4 is 0 Å². The summed E-state index contributed by atoms with van der Waals surface area (Å²) in [6.45, 7) is 8.39. The van der Waals surface area contributed by atoms with E-state index in [1.165, 1.54) is 32.2 Å². The van der Waals surface area contributed by atoms with E-state index in [0.29, 0.717) is 6.04 Å². The highest BCUT2D eigenvalue weighted by Gasteiger charge is 2.46. The fraction of sp³-hybridized carbons (Fsp3) is 1.00. The zero-order valence-corrected chi connectivity index (χ0v) is 12.5. The Morgan fingerprint density at radius 1 is 1.21 bits per heavy atom. The van der Waals surface area contributed by atoms with Gasteiger partial charge in [0.15, 0.2) is 0 Å². The number of nitrogens with one attached hydrogen (secondary N) is 1. The van der Waals surface area contributed by atoms with Crippen LogP contribution >= 0.6 is 0 Å². The van der Waals surface area contributed by atoms with E-state index in [2.05, 4.69) is 19.2 Å². The van der Waals surface area contributed by atoms with Gasteiger partial charge >= 0.3 is 0 Å². The van der Waals surface area contributed by atoms with E-state index in [4.69, 9.17) is 9.47 Å². The smallest absolute Gasteiger partial charge is 0.0939 e. The van der Waals surface area contributed by atoms with Crippen LogP contribution in [0.4, 0.5) is 0 Å². The maximum Gasteiger partial charge on any atom is 0.0939 e. The van der Waals surface area contributed by atoms with Gasteiger partial charge in [-0.1, -0.05) is 13.8 Å². The Morgan fingerprint density at radius 3 is 2.74 bits per heavy atom. The molecule has 0 amide bonds. The van der Waals surface area contributed by atoms with Gasteiger partial charge in [0.1, 0.15) is 0 Å². The van der Waals surface area contributed by atoms with Gasteiger partial charge in [0.05, 0.1) is 12.2 Å². The molecular formula is C16H29NO2. The van der Waals surface area contributed by atoms with Crippen molar-refractivity contribution in [3.05, 3.63) is 0 Å². The molecule has 3 fully saturated rings. The minimum Gasteiger partial charge on any atom is -0.378 e. The topological polar surface area (TPSA) is 30.5 Å². The minimum atomic E-state index is 0.0918. The summed E-state index contributed by atoms with van der Waals surface area (Å²) in [7, 11) is 0. The molecule has 3 nitrogen and oxygen atoms in total. The second-order valence-electron chi connectivity index (χ2n) is 7.15. The van der Waals surface area contributed by atoms with Gasteiger partial charge in [-0.2, -0.15) is 0 Å². The van der Waals surface area contributed by atoms with Gasteiger partial charge in [0.25, 0.3) is 0 Å². The van der Waals surface area contributed by atoms with Gasteiger partial charge in [0, 0.05) is 25.7 Å². The molecule has 3 aliphatic rings. The van der Waals surface area contributed by atoms with Crippen molar-refractivity contribution in [2.75, 3.05) is 26.4 Å². The molecule has 4 unspecified atom stereocenters. The molecule has 1 spiro atoms. The average molecular weight is 267 g/mol. The molecule has 1 aliphatic carbocycles. The van der Waals surface area contributed by atoms with Crippen LogP contribution in [0.15, 0.2) is 0 Å². The van der Waals surface area contributed by atoms with Crippen molar-refractivity contribution in [1.29, 1.82) is 0 Å². The van der Waals surface area contributed by atoms with Crippen LogP contribution in [0.2, 0.25) is 0 Å². The molecule has 3 rings (SSSR count). The third-order valence-electron chi connectivity index (χ3n) is 5.47. The van der Waals surface area contributed by atoms with E-state index in [-0.39, 0.29) is 5.60 Å². The maximum atomic E-state index is 6.07. The molecule has 0 aromatic rings. The molecular weight excluding hydrogens is 238 g/mol. The van der Waals surface area contributed by atoms with E-state index in [1.54, 1.807) is 0 Å². The monoisotopic (exact) mass is 267 g/mol. The predicted octanol–water partition coefficient (Wildman–Crippen LogP) is 2.60. The minimum absolute atomic E-state index is 0.0918. The van der Waals surface area contributed by atoms with Crippen LogP contribution in [0.3, 0.4) is 0 Å². The second-order valence-corrected chi connectivity index (χ2v) is 7.15. The lowest BCUT2D eigenvalue weighted by Gasteiger charge is -2.47. The van der Waals surface area contributed by atoms with Crippen molar-refractivity contribution in [2.45, 2.75) is 57.6 Å². The number of rotatable bonds is 4. The van der Waals surface area contributed by atoms with E-state index in [9.17, 15) is 0 Å². The average Bonchev–Trinajstić information content (AvgIpc) is 2.75. The molecule has 0 aromatic heterocycles. The zero-order valence-electron chi connectivity index (χ0n) is 12.5. The summed E-state index contributed by atoms with van der Waals surface area (Å²) in [6.07, 6.45) is 6.49. The molecule has 3 heteroatoms. The van der Waals surface area contributed by atoms with Crippen LogP contribution in [0.5, 0.6) is 0 Å². The first-order valence-electron chi connectivity index (χ1n) is 8.14. The van der Waals surface area contributed by atoms with E-state index >= 15 is 0 Å². The van der Waals surface area contributed by atoms with Gasteiger partial charge in [-0.15, -0.1) is 0 Å². The molecule has 2 saturated heterocycles. The molecule has 0 bridgehead atoms. The summed E-state index contributed by atoms with van der Waals surface area (Å²) in [5, 5.41) is 3.62. The fourth-order valence-corrected chi connectivity index (χ4v) is 4.15. The summed E-state index contributed by atoms with van der Waals surface area (Å²) in [5.41, 5.74) is 0.0918. The molecule has 110 valence electrons. The largest absolute Gasteiger partial charge is 0.378 e. The third kappa shape index (κ3) is 2.98. The molecule has 1 saturated carbocycles. The predicted molar refractivity (Wildman–Crippen MR) is 76.2 cm³/mol. The molecule has 19 heavy (non-hydrogen) atoms. The Kier molecular flexibility index (Phi) is 4.16. The normalized spacial score (nSPS) is 42.8.